The molecule has 1 aromatic carbocycles. The first-order valence-corrected chi connectivity index (χ1v) is 8.96. The predicted octanol–water partition coefficient (Wildman–Crippen LogP) is 2.66. The Kier molecular flexibility index (Phi) is 11.4. The minimum absolute atomic E-state index is 0. The summed E-state index contributed by atoms with van der Waals surface area (Å²) in [6, 6.07) is 10.0. The third-order valence-electron chi connectivity index (χ3n) is 4.91. The molecular weight excluding hydrogens is 373 g/mol. The number of amides is 1. The zero-order valence-electron chi connectivity index (χ0n) is 16.0. The van der Waals surface area contributed by atoms with Crippen LogP contribution in [0.1, 0.15) is 32.8 Å². The van der Waals surface area contributed by atoms with Gasteiger partial charge >= 0.3 is 0 Å². The highest BCUT2D eigenvalue weighted by Crippen LogP contribution is 2.23. The van der Waals surface area contributed by atoms with Crippen molar-refractivity contribution in [3.8, 4) is 0 Å². The van der Waals surface area contributed by atoms with Crippen LogP contribution in [0.3, 0.4) is 0 Å². The van der Waals surface area contributed by atoms with Crippen LogP contribution in [0.15, 0.2) is 30.3 Å². The number of carbonyl (C=O) groups is 1. The van der Waals surface area contributed by atoms with Crippen LogP contribution in [0.25, 0.3) is 0 Å². The van der Waals surface area contributed by atoms with Crippen molar-refractivity contribution in [2.24, 2.45) is 5.73 Å². The van der Waals surface area contributed by atoms with Gasteiger partial charge in [-0.05, 0) is 25.8 Å². The van der Waals surface area contributed by atoms with Gasteiger partial charge in [-0.25, -0.2) is 0 Å². The van der Waals surface area contributed by atoms with Crippen LogP contribution in [-0.2, 0) is 15.1 Å². The quantitative estimate of drug-likeness (QED) is 0.708. The zero-order valence-corrected chi connectivity index (χ0v) is 17.7. The molecule has 0 saturated carbocycles. The van der Waals surface area contributed by atoms with E-state index in [1.54, 1.807) is 0 Å². The molecule has 1 amide bonds. The molecule has 0 radical (unpaired) electrons. The zero-order chi connectivity index (χ0) is 17.6. The fourth-order valence-corrected chi connectivity index (χ4v) is 3.32. The van der Waals surface area contributed by atoms with Crippen molar-refractivity contribution >= 4 is 30.7 Å². The molecule has 5 nitrogen and oxygen atoms in total. The van der Waals surface area contributed by atoms with E-state index < -0.39 is 5.54 Å². The minimum Gasteiger partial charge on any atom is -0.380 e. The van der Waals surface area contributed by atoms with E-state index in [0.29, 0.717) is 6.04 Å². The van der Waals surface area contributed by atoms with Crippen molar-refractivity contribution in [2.75, 3.05) is 39.4 Å². The van der Waals surface area contributed by atoms with Gasteiger partial charge in [-0.1, -0.05) is 37.3 Å². The molecule has 7 heteroatoms. The normalized spacial score (nSPS) is 19.8. The molecule has 0 aromatic heterocycles. The molecule has 1 aliphatic rings. The number of hydrogen-bond donors (Lipinski definition) is 1. The molecule has 2 unspecified atom stereocenters. The van der Waals surface area contributed by atoms with Crippen LogP contribution in [0.5, 0.6) is 0 Å². The summed E-state index contributed by atoms with van der Waals surface area (Å²) in [6.45, 7) is 10.8. The molecule has 1 fully saturated rings. The molecule has 150 valence electrons. The van der Waals surface area contributed by atoms with Crippen molar-refractivity contribution in [1.29, 1.82) is 0 Å². The van der Waals surface area contributed by atoms with Crippen LogP contribution in [-0.4, -0.2) is 61.1 Å². The number of halogens is 2. The maximum Gasteiger partial charge on any atom is 0.247 e. The monoisotopic (exact) mass is 405 g/mol. The van der Waals surface area contributed by atoms with Crippen LogP contribution < -0.4 is 5.73 Å². The van der Waals surface area contributed by atoms with E-state index in [2.05, 4.69) is 11.8 Å². The van der Waals surface area contributed by atoms with Gasteiger partial charge in [0.05, 0.1) is 6.61 Å². The molecule has 1 heterocycles. The van der Waals surface area contributed by atoms with Crippen LogP contribution in [0.4, 0.5) is 0 Å². The van der Waals surface area contributed by atoms with Gasteiger partial charge in [0.2, 0.25) is 5.91 Å². The van der Waals surface area contributed by atoms with Crippen molar-refractivity contribution in [1.82, 2.24) is 9.80 Å². The Hall–Kier alpha value is -0.850. The lowest BCUT2D eigenvalue weighted by Crippen LogP contribution is -2.60. The van der Waals surface area contributed by atoms with E-state index in [4.69, 9.17) is 10.5 Å². The average Bonchev–Trinajstić information content (AvgIpc) is 2.62. The summed E-state index contributed by atoms with van der Waals surface area (Å²) in [5.41, 5.74) is 6.29. The summed E-state index contributed by atoms with van der Waals surface area (Å²) in [7, 11) is 0. The van der Waals surface area contributed by atoms with Crippen LogP contribution in [0, 0.1) is 0 Å². The maximum absolute atomic E-state index is 13.0. The van der Waals surface area contributed by atoms with Gasteiger partial charge in [0.15, 0.2) is 0 Å². The summed E-state index contributed by atoms with van der Waals surface area (Å²) >= 11 is 0. The first kappa shape index (κ1) is 25.1. The van der Waals surface area contributed by atoms with Gasteiger partial charge in [-0.15, -0.1) is 24.8 Å². The maximum atomic E-state index is 13.0. The Morgan fingerprint density at radius 2 is 1.88 bits per heavy atom. The highest BCUT2D eigenvalue weighted by Gasteiger charge is 2.37. The van der Waals surface area contributed by atoms with Crippen LogP contribution >= 0.6 is 24.8 Å². The number of ether oxygens (including phenoxy) is 1. The third kappa shape index (κ3) is 6.10. The fourth-order valence-electron chi connectivity index (χ4n) is 3.32. The Morgan fingerprint density at radius 3 is 2.46 bits per heavy atom. The second-order valence-electron chi connectivity index (χ2n) is 6.61. The van der Waals surface area contributed by atoms with E-state index in [9.17, 15) is 4.79 Å². The SMILES string of the molecule is CCOCCN1CCN(C(=O)C(C)(N)c2ccccc2)CC1CC.Cl.Cl. The van der Waals surface area contributed by atoms with Gasteiger partial charge < -0.3 is 15.4 Å². The van der Waals surface area contributed by atoms with Gasteiger partial charge in [-0.3, -0.25) is 9.69 Å². The van der Waals surface area contributed by atoms with Crippen molar-refractivity contribution in [3.63, 3.8) is 0 Å². The molecule has 2 rings (SSSR count). The second-order valence-corrected chi connectivity index (χ2v) is 6.61. The molecule has 1 aliphatic heterocycles. The number of piperazine rings is 1. The lowest BCUT2D eigenvalue weighted by molar-refractivity contribution is -0.140. The first-order chi connectivity index (χ1) is 11.5. The van der Waals surface area contributed by atoms with Crippen molar-refractivity contribution in [3.05, 3.63) is 35.9 Å². The highest BCUT2D eigenvalue weighted by atomic mass is 35.5. The molecule has 1 saturated heterocycles. The summed E-state index contributed by atoms with van der Waals surface area (Å²) in [6.07, 6.45) is 1.02. The number of benzene rings is 1. The first-order valence-electron chi connectivity index (χ1n) is 8.96. The van der Waals surface area contributed by atoms with Crippen molar-refractivity contribution < 1.29 is 9.53 Å². The second kappa shape index (κ2) is 11.8. The number of hydrogen-bond acceptors (Lipinski definition) is 4. The Morgan fingerprint density at radius 1 is 1.23 bits per heavy atom. The molecule has 1 aromatic rings. The van der Waals surface area contributed by atoms with Gasteiger partial charge in [0.25, 0.3) is 0 Å². The third-order valence-corrected chi connectivity index (χ3v) is 4.91. The minimum atomic E-state index is -0.979. The Bertz CT molecular complexity index is 529. The van der Waals surface area contributed by atoms with Crippen LogP contribution in [0.2, 0.25) is 0 Å². The topological polar surface area (TPSA) is 58.8 Å². The fraction of sp³-hybridized carbons (Fsp3) is 0.632. The lowest BCUT2D eigenvalue weighted by atomic mass is 9.91. The molecule has 0 aliphatic carbocycles. The van der Waals surface area contributed by atoms with Gasteiger partial charge in [-0.2, -0.15) is 0 Å². The van der Waals surface area contributed by atoms with E-state index >= 15 is 0 Å². The van der Waals surface area contributed by atoms with E-state index in [1.807, 2.05) is 49.1 Å². The lowest BCUT2D eigenvalue weighted by Gasteiger charge is -2.43. The molecule has 0 bridgehead atoms. The van der Waals surface area contributed by atoms with Gasteiger partial charge in [0.1, 0.15) is 5.54 Å². The highest BCUT2D eigenvalue weighted by molar-refractivity contribution is 5.87. The summed E-state index contributed by atoms with van der Waals surface area (Å²) in [4.78, 5) is 17.4. The number of nitrogens with two attached hydrogens (primary N) is 1. The molecule has 0 spiro atoms. The standard InChI is InChI=1S/C19H31N3O2.2ClH/c1-4-17-15-22(12-11-21(17)13-14-24-5-2)18(23)19(3,20)16-9-7-6-8-10-16;;/h6-10,17H,4-5,11-15,20H2,1-3H3;2*1H. The smallest absolute Gasteiger partial charge is 0.247 e. The summed E-state index contributed by atoms with van der Waals surface area (Å²) < 4.78 is 5.47. The molecule has 2 N–H and O–H groups in total. The molecule has 2 atom stereocenters. The van der Waals surface area contributed by atoms with Gasteiger partial charge in [0, 0.05) is 38.8 Å². The summed E-state index contributed by atoms with van der Waals surface area (Å²) in [5, 5.41) is 0. The largest absolute Gasteiger partial charge is 0.380 e. The van der Waals surface area contributed by atoms with E-state index in [-0.39, 0.29) is 30.7 Å². The summed E-state index contributed by atoms with van der Waals surface area (Å²) in [5.74, 6) is 0.0107. The Balaban J connectivity index is 0.00000312. The molecule has 26 heavy (non-hydrogen) atoms. The average molecular weight is 406 g/mol. The Labute approximate surface area is 170 Å². The number of nitrogens with zero attached hydrogens (tertiary/aromatic N) is 2. The van der Waals surface area contributed by atoms with Crippen molar-refractivity contribution in [2.45, 2.75) is 38.8 Å². The number of rotatable bonds is 7. The number of carbonyl (C=O) groups excluding carboxylic acids is 1. The molecular formula is C19H33Cl2N3O2. The van der Waals surface area contributed by atoms with E-state index in [0.717, 1.165) is 51.4 Å². The predicted molar refractivity (Wildman–Crippen MR) is 111 cm³/mol. The van der Waals surface area contributed by atoms with E-state index in [1.165, 1.54) is 0 Å².